The van der Waals surface area contributed by atoms with Crippen molar-refractivity contribution in [2.24, 2.45) is 0 Å². The van der Waals surface area contributed by atoms with Crippen LogP contribution < -0.4 is 4.90 Å². The summed E-state index contributed by atoms with van der Waals surface area (Å²) >= 11 is 1.34. The van der Waals surface area contributed by atoms with Crippen LogP contribution in [0, 0.1) is 5.82 Å². The first-order valence-electron chi connectivity index (χ1n) is 8.88. The molecule has 1 aromatic heterocycles. The molecule has 3 aromatic rings. The Morgan fingerprint density at radius 2 is 1.93 bits per heavy atom. The first-order chi connectivity index (χ1) is 13.2. The normalized spacial score (nSPS) is 13.0. The standard InChI is InChI=1S/C20H19FN4OS/c1-2-24-19(15-8-4-5-9-16(15)21)22-23-20(24)27-13-18(26)25-12-11-14-7-3-6-10-17(14)25/h3-10H,2,11-13H2,1H3. The van der Waals surface area contributed by atoms with Gasteiger partial charge in [0.15, 0.2) is 11.0 Å². The summed E-state index contributed by atoms with van der Waals surface area (Å²) in [7, 11) is 0. The minimum Gasteiger partial charge on any atom is -0.311 e. The number of anilines is 1. The molecule has 0 unspecified atom stereocenters. The van der Waals surface area contributed by atoms with E-state index in [0.717, 1.165) is 12.1 Å². The van der Waals surface area contributed by atoms with Crippen molar-refractivity contribution in [2.45, 2.75) is 25.0 Å². The van der Waals surface area contributed by atoms with Gasteiger partial charge in [-0.05, 0) is 37.1 Å². The van der Waals surface area contributed by atoms with Gasteiger partial charge in [-0.3, -0.25) is 4.79 Å². The minimum atomic E-state index is -0.332. The second-order valence-corrected chi connectivity index (χ2v) is 7.19. The summed E-state index contributed by atoms with van der Waals surface area (Å²) in [5.41, 5.74) is 2.61. The molecule has 1 aliphatic heterocycles. The summed E-state index contributed by atoms with van der Waals surface area (Å²) in [6.07, 6.45) is 0.884. The van der Waals surface area contributed by atoms with Crippen LogP contribution in [0.5, 0.6) is 0 Å². The van der Waals surface area contributed by atoms with Gasteiger partial charge in [-0.15, -0.1) is 10.2 Å². The first-order valence-corrected chi connectivity index (χ1v) is 9.86. The van der Waals surface area contributed by atoms with E-state index in [2.05, 4.69) is 16.3 Å². The Bertz CT molecular complexity index is 988. The fraction of sp³-hybridized carbons (Fsp3) is 0.250. The fourth-order valence-corrected chi connectivity index (χ4v) is 4.20. The highest BCUT2D eigenvalue weighted by atomic mass is 32.2. The number of aromatic nitrogens is 3. The van der Waals surface area contributed by atoms with Crippen LogP contribution >= 0.6 is 11.8 Å². The molecule has 0 atom stereocenters. The SMILES string of the molecule is CCn1c(SCC(=O)N2CCc3ccccc32)nnc1-c1ccccc1F. The van der Waals surface area contributed by atoms with Crippen LogP contribution in [0.1, 0.15) is 12.5 Å². The molecule has 0 spiro atoms. The summed E-state index contributed by atoms with van der Waals surface area (Å²) < 4.78 is 16.0. The van der Waals surface area contributed by atoms with Gasteiger partial charge in [0.05, 0.1) is 11.3 Å². The van der Waals surface area contributed by atoms with E-state index in [1.165, 1.54) is 23.4 Å². The topological polar surface area (TPSA) is 51.0 Å². The summed E-state index contributed by atoms with van der Waals surface area (Å²) in [5.74, 6) is 0.463. The van der Waals surface area contributed by atoms with E-state index in [4.69, 9.17) is 0 Å². The van der Waals surface area contributed by atoms with Crippen LogP contribution in [-0.2, 0) is 17.8 Å². The summed E-state index contributed by atoms with van der Waals surface area (Å²) in [5, 5.41) is 8.96. The molecule has 138 valence electrons. The third-order valence-electron chi connectivity index (χ3n) is 4.66. The molecule has 0 N–H and O–H groups in total. The highest BCUT2D eigenvalue weighted by Crippen LogP contribution is 2.30. The van der Waals surface area contributed by atoms with Crippen LogP contribution in [0.15, 0.2) is 53.7 Å². The average Bonchev–Trinajstić information content (AvgIpc) is 3.30. The number of fused-ring (bicyclic) bond motifs is 1. The van der Waals surface area contributed by atoms with Crippen molar-refractivity contribution in [3.63, 3.8) is 0 Å². The quantitative estimate of drug-likeness (QED) is 0.630. The van der Waals surface area contributed by atoms with Gasteiger partial charge in [-0.1, -0.05) is 42.1 Å². The van der Waals surface area contributed by atoms with E-state index in [9.17, 15) is 9.18 Å². The Morgan fingerprint density at radius 1 is 1.15 bits per heavy atom. The molecule has 2 heterocycles. The lowest BCUT2D eigenvalue weighted by atomic mass is 10.2. The van der Waals surface area contributed by atoms with E-state index in [-0.39, 0.29) is 17.5 Å². The number of carbonyl (C=O) groups is 1. The molecule has 1 amide bonds. The van der Waals surface area contributed by atoms with Crippen LogP contribution in [0.3, 0.4) is 0 Å². The molecule has 0 saturated heterocycles. The van der Waals surface area contributed by atoms with Gasteiger partial charge in [-0.25, -0.2) is 4.39 Å². The maximum Gasteiger partial charge on any atom is 0.237 e. The lowest BCUT2D eigenvalue weighted by Crippen LogP contribution is -2.30. The van der Waals surface area contributed by atoms with Gasteiger partial charge in [0.2, 0.25) is 5.91 Å². The Balaban J connectivity index is 1.51. The first kappa shape index (κ1) is 17.7. The second-order valence-electron chi connectivity index (χ2n) is 6.24. The molecular formula is C20H19FN4OS. The predicted octanol–water partition coefficient (Wildman–Crippen LogP) is 3.79. The molecule has 0 saturated carbocycles. The Labute approximate surface area is 161 Å². The zero-order valence-electron chi connectivity index (χ0n) is 14.9. The predicted molar refractivity (Wildman–Crippen MR) is 104 cm³/mol. The number of hydrogen-bond acceptors (Lipinski definition) is 4. The van der Waals surface area contributed by atoms with Crippen LogP contribution in [-0.4, -0.2) is 33.0 Å². The van der Waals surface area contributed by atoms with Crippen molar-refractivity contribution in [1.82, 2.24) is 14.8 Å². The lowest BCUT2D eigenvalue weighted by Gasteiger charge is -2.17. The molecule has 0 bridgehead atoms. The molecule has 2 aromatic carbocycles. The van der Waals surface area contributed by atoms with Crippen molar-refractivity contribution in [3.8, 4) is 11.4 Å². The number of benzene rings is 2. The smallest absolute Gasteiger partial charge is 0.237 e. The van der Waals surface area contributed by atoms with Crippen LogP contribution in [0.4, 0.5) is 10.1 Å². The number of nitrogens with zero attached hydrogens (tertiary/aromatic N) is 4. The van der Waals surface area contributed by atoms with E-state index < -0.39 is 0 Å². The maximum absolute atomic E-state index is 14.1. The van der Waals surface area contributed by atoms with E-state index >= 15 is 0 Å². The van der Waals surface area contributed by atoms with Crippen molar-refractivity contribution in [2.75, 3.05) is 17.2 Å². The van der Waals surface area contributed by atoms with Gasteiger partial charge in [0, 0.05) is 18.8 Å². The highest BCUT2D eigenvalue weighted by molar-refractivity contribution is 7.99. The zero-order valence-corrected chi connectivity index (χ0v) is 15.7. The highest BCUT2D eigenvalue weighted by Gasteiger charge is 2.25. The molecule has 0 fully saturated rings. The van der Waals surface area contributed by atoms with Crippen molar-refractivity contribution in [1.29, 1.82) is 0 Å². The third-order valence-corrected chi connectivity index (χ3v) is 5.61. The van der Waals surface area contributed by atoms with Crippen LogP contribution in [0.2, 0.25) is 0 Å². The van der Waals surface area contributed by atoms with Gasteiger partial charge < -0.3 is 9.47 Å². The molecule has 27 heavy (non-hydrogen) atoms. The largest absolute Gasteiger partial charge is 0.311 e. The van der Waals surface area contributed by atoms with Gasteiger partial charge in [-0.2, -0.15) is 0 Å². The van der Waals surface area contributed by atoms with Crippen molar-refractivity contribution in [3.05, 3.63) is 59.9 Å². The number of para-hydroxylation sites is 1. The minimum absolute atomic E-state index is 0.0445. The molecule has 4 rings (SSSR count). The molecule has 5 nitrogen and oxygen atoms in total. The number of hydrogen-bond donors (Lipinski definition) is 0. The fourth-order valence-electron chi connectivity index (χ4n) is 3.32. The Hall–Kier alpha value is -2.67. The second kappa shape index (κ2) is 7.52. The molecule has 1 aliphatic rings. The number of thioether (sulfide) groups is 1. The van der Waals surface area contributed by atoms with Crippen molar-refractivity contribution >= 4 is 23.4 Å². The van der Waals surface area contributed by atoms with Gasteiger partial charge in [0.25, 0.3) is 0 Å². The lowest BCUT2D eigenvalue weighted by molar-refractivity contribution is -0.116. The summed E-state index contributed by atoms with van der Waals surface area (Å²) in [6, 6.07) is 14.5. The third kappa shape index (κ3) is 3.35. The summed E-state index contributed by atoms with van der Waals surface area (Å²) in [6.45, 7) is 3.26. The number of carbonyl (C=O) groups excluding carboxylic acids is 1. The molecular weight excluding hydrogens is 363 g/mol. The van der Waals surface area contributed by atoms with Crippen LogP contribution in [0.25, 0.3) is 11.4 Å². The van der Waals surface area contributed by atoms with E-state index in [1.54, 1.807) is 18.2 Å². The Kier molecular flexibility index (Phi) is 4.94. The molecule has 0 radical (unpaired) electrons. The van der Waals surface area contributed by atoms with E-state index in [0.29, 0.717) is 29.6 Å². The maximum atomic E-state index is 14.1. The summed E-state index contributed by atoms with van der Waals surface area (Å²) in [4.78, 5) is 14.5. The zero-order chi connectivity index (χ0) is 18.8. The van der Waals surface area contributed by atoms with E-state index in [1.807, 2.05) is 34.6 Å². The van der Waals surface area contributed by atoms with Gasteiger partial charge >= 0.3 is 0 Å². The molecule has 0 aliphatic carbocycles. The Morgan fingerprint density at radius 3 is 2.74 bits per heavy atom. The number of amides is 1. The van der Waals surface area contributed by atoms with Gasteiger partial charge in [0.1, 0.15) is 5.82 Å². The number of halogens is 1. The monoisotopic (exact) mass is 382 g/mol. The molecule has 7 heteroatoms. The van der Waals surface area contributed by atoms with Crippen molar-refractivity contribution < 1.29 is 9.18 Å². The average molecular weight is 382 g/mol. The number of rotatable bonds is 5.